The Morgan fingerprint density at radius 3 is 3.00 bits per heavy atom. The van der Waals surface area contributed by atoms with Crippen molar-refractivity contribution in [2.24, 2.45) is 7.05 Å². The van der Waals surface area contributed by atoms with E-state index < -0.39 is 0 Å². The number of amides is 1. The first-order valence-corrected chi connectivity index (χ1v) is 7.46. The lowest BCUT2D eigenvalue weighted by Gasteiger charge is -2.02. The van der Waals surface area contributed by atoms with E-state index in [9.17, 15) is 4.79 Å². The minimum atomic E-state index is -0.0304. The van der Waals surface area contributed by atoms with Crippen LogP contribution in [0.3, 0.4) is 0 Å². The minimum Gasteiger partial charge on any atom is -0.322 e. The summed E-state index contributed by atoms with van der Waals surface area (Å²) in [6.45, 7) is 0. The number of thioether (sulfide) groups is 1. The van der Waals surface area contributed by atoms with Gasteiger partial charge in [-0.2, -0.15) is 5.10 Å². The normalized spacial score (nSPS) is 10.4. The highest BCUT2D eigenvalue weighted by molar-refractivity contribution is 9.10. The standard InChI is InChI=1S/C12H13BrN4OS/c1-17-8-9(12(13)16-17)15-10(18)5-7-19-11-4-2-3-6-14-11/h2-4,6,8H,5,7H2,1H3,(H,15,18). The van der Waals surface area contributed by atoms with Crippen LogP contribution in [0.2, 0.25) is 0 Å². The second kappa shape index (κ2) is 6.72. The Bertz CT molecular complexity index is 558. The summed E-state index contributed by atoms with van der Waals surface area (Å²) in [5.74, 6) is 0.665. The van der Waals surface area contributed by atoms with E-state index in [-0.39, 0.29) is 5.91 Å². The van der Waals surface area contributed by atoms with Crippen molar-refractivity contribution in [1.82, 2.24) is 14.8 Å². The van der Waals surface area contributed by atoms with Crippen LogP contribution >= 0.6 is 27.7 Å². The van der Waals surface area contributed by atoms with Gasteiger partial charge >= 0.3 is 0 Å². The molecule has 19 heavy (non-hydrogen) atoms. The van der Waals surface area contributed by atoms with Crippen LogP contribution in [0, 0.1) is 0 Å². The van der Waals surface area contributed by atoms with Gasteiger partial charge in [0.1, 0.15) is 0 Å². The monoisotopic (exact) mass is 340 g/mol. The second-order valence-electron chi connectivity index (χ2n) is 3.82. The van der Waals surface area contributed by atoms with Gasteiger partial charge in [-0.05, 0) is 28.1 Å². The molecule has 2 aromatic rings. The smallest absolute Gasteiger partial charge is 0.225 e. The molecule has 0 aliphatic carbocycles. The van der Waals surface area contributed by atoms with Crippen LogP contribution < -0.4 is 5.32 Å². The van der Waals surface area contributed by atoms with Gasteiger partial charge < -0.3 is 5.32 Å². The Hall–Kier alpha value is -1.34. The number of rotatable bonds is 5. The van der Waals surface area contributed by atoms with E-state index in [0.717, 1.165) is 5.03 Å². The fraction of sp³-hybridized carbons (Fsp3) is 0.250. The van der Waals surface area contributed by atoms with Gasteiger partial charge in [-0.3, -0.25) is 9.48 Å². The van der Waals surface area contributed by atoms with E-state index in [1.54, 1.807) is 35.9 Å². The predicted octanol–water partition coefficient (Wildman–Crippen LogP) is 2.70. The zero-order chi connectivity index (χ0) is 13.7. The molecule has 0 radical (unpaired) electrons. The van der Waals surface area contributed by atoms with Crippen LogP contribution in [0.5, 0.6) is 0 Å². The number of nitrogens with zero attached hydrogens (tertiary/aromatic N) is 3. The molecule has 2 heterocycles. The SMILES string of the molecule is Cn1cc(NC(=O)CCSc2ccccn2)c(Br)n1. The average molecular weight is 341 g/mol. The lowest BCUT2D eigenvalue weighted by molar-refractivity contribution is -0.115. The quantitative estimate of drug-likeness (QED) is 0.850. The molecule has 7 heteroatoms. The highest BCUT2D eigenvalue weighted by Crippen LogP contribution is 2.20. The molecule has 0 atom stereocenters. The molecule has 0 spiro atoms. The number of nitrogens with one attached hydrogen (secondary N) is 1. The third-order valence-corrected chi connectivity index (χ3v) is 3.81. The summed E-state index contributed by atoms with van der Waals surface area (Å²) in [4.78, 5) is 15.9. The number of aryl methyl sites for hydroxylation is 1. The molecule has 0 bridgehead atoms. The van der Waals surface area contributed by atoms with Crippen LogP contribution in [-0.2, 0) is 11.8 Å². The molecular weight excluding hydrogens is 328 g/mol. The van der Waals surface area contributed by atoms with Gasteiger partial charge in [0.05, 0.1) is 10.7 Å². The molecule has 2 aromatic heterocycles. The topological polar surface area (TPSA) is 59.8 Å². The van der Waals surface area contributed by atoms with Gasteiger partial charge in [-0.1, -0.05) is 6.07 Å². The molecule has 1 amide bonds. The number of hydrogen-bond acceptors (Lipinski definition) is 4. The fourth-order valence-corrected chi connectivity index (χ4v) is 2.70. The molecule has 0 saturated carbocycles. The number of anilines is 1. The molecule has 5 nitrogen and oxygen atoms in total. The van der Waals surface area contributed by atoms with Gasteiger partial charge in [0.2, 0.25) is 5.91 Å². The molecule has 2 rings (SSSR count). The predicted molar refractivity (Wildman–Crippen MR) is 79.1 cm³/mol. The van der Waals surface area contributed by atoms with E-state index in [0.29, 0.717) is 22.5 Å². The fourth-order valence-electron chi connectivity index (χ4n) is 1.44. The van der Waals surface area contributed by atoms with Crippen molar-refractivity contribution >= 4 is 39.3 Å². The van der Waals surface area contributed by atoms with Crippen molar-refractivity contribution in [3.8, 4) is 0 Å². The third-order valence-electron chi connectivity index (χ3n) is 2.27. The minimum absolute atomic E-state index is 0.0304. The first-order chi connectivity index (χ1) is 9.15. The van der Waals surface area contributed by atoms with Crippen LogP contribution in [0.25, 0.3) is 0 Å². The maximum atomic E-state index is 11.8. The van der Waals surface area contributed by atoms with Crippen molar-refractivity contribution in [3.05, 3.63) is 35.2 Å². The van der Waals surface area contributed by atoms with Crippen LogP contribution in [0.1, 0.15) is 6.42 Å². The highest BCUT2D eigenvalue weighted by atomic mass is 79.9. The molecule has 0 aromatic carbocycles. The van der Waals surface area contributed by atoms with Gasteiger partial charge in [0.15, 0.2) is 4.60 Å². The number of hydrogen-bond donors (Lipinski definition) is 1. The molecular formula is C12H13BrN4OS. The van der Waals surface area contributed by atoms with Crippen LogP contribution in [0.15, 0.2) is 40.2 Å². The second-order valence-corrected chi connectivity index (χ2v) is 5.69. The van der Waals surface area contributed by atoms with Crippen molar-refractivity contribution in [2.75, 3.05) is 11.1 Å². The van der Waals surface area contributed by atoms with Crippen LogP contribution in [-0.4, -0.2) is 26.4 Å². The summed E-state index contributed by atoms with van der Waals surface area (Å²) in [5, 5.41) is 7.84. The van der Waals surface area contributed by atoms with Crippen molar-refractivity contribution in [3.63, 3.8) is 0 Å². The molecule has 0 unspecified atom stereocenters. The van der Waals surface area contributed by atoms with Gasteiger partial charge in [0, 0.05) is 31.6 Å². The first kappa shape index (κ1) is 14.1. The number of aromatic nitrogens is 3. The van der Waals surface area contributed by atoms with Crippen molar-refractivity contribution in [2.45, 2.75) is 11.4 Å². The van der Waals surface area contributed by atoms with Gasteiger partial charge in [-0.25, -0.2) is 4.98 Å². The number of carbonyl (C=O) groups is 1. The molecule has 0 aliphatic rings. The zero-order valence-corrected chi connectivity index (χ0v) is 12.7. The largest absolute Gasteiger partial charge is 0.322 e. The van der Waals surface area contributed by atoms with Crippen molar-refractivity contribution < 1.29 is 4.79 Å². The molecule has 0 fully saturated rings. The summed E-state index contributed by atoms with van der Waals surface area (Å²) in [7, 11) is 1.80. The van der Waals surface area contributed by atoms with Gasteiger partial charge in [-0.15, -0.1) is 11.8 Å². The Labute approximate surface area is 123 Å². The molecule has 100 valence electrons. The first-order valence-electron chi connectivity index (χ1n) is 5.68. The molecule has 0 saturated heterocycles. The lowest BCUT2D eigenvalue weighted by Crippen LogP contribution is -2.12. The highest BCUT2D eigenvalue weighted by Gasteiger charge is 2.08. The Balaban J connectivity index is 1.78. The Morgan fingerprint density at radius 2 is 2.37 bits per heavy atom. The van der Waals surface area contributed by atoms with Crippen LogP contribution in [0.4, 0.5) is 5.69 Å². The maximum Gasteiger partial charge on any atom is 0.225 e. The number of carbonyl (C=O) groups excluding carboxylic acids is 1. The summed E-state index contributed by atoms with van der Waals surface area (Å²) in [5.41, 5.74) is 0.690. The summed E-state index contributed by atoms with van der Waals surface area (Å²) >= 11 is 4.85. The maximum absolute atomic E-state index is 11.8. The summed E-state index contributed by atoms with van der Waals surface area (Å²) in [6.07, 6.45) is 3.94. The Kier molecular flexibility index (Phi) is 4.98. The van der Waals surface area contributed by atoms with E-state index in [1.165, 1.54) is 0 Å². The Morgan fingerprint density at radius 1 is 1.53 bits per heavy atom. The van der Waals surface area contributed by atoms with E-state index >= 15 is 0 Å². The summed E-state index contributed by atoms with van der Waals surface area (Å²) in [6, 6.07) is 5.74. The lowest BCUT2D eigenvalue weighted by atomic mass is 10.4. The molecule has 0 aliphatic heterocycles. The number of pyridine rings is 1. The van der Waals surface area contributed by atoms with E-state index in [2.05, 4.69) is 31.3 Å². The van der Waals surface area contributed by atoms with Crippen molar-refractivity contribution in [1.29, 1.82) is 0 Å². The number of halogens is 1. The summed E-state index contributed by atoms with van der Waals surface area (Å²) < 4.78 is 2.28. The van der Waals surface area contributed by atoms with E-state index in [4.69, 9.17) is 0 Å². The molecule has 1 N–H and O–H groups in total. The van der Waals surface area contributed by atoms with E-state index in [1.807, 2.05) is 18.2 Å². The third kappa shape index (κ3) is 4.36. The van der Waals surface area contributed by atoms with Gasteiger partial charge in [0.25, 0.3) is 0 Å². The average Bonchev–Trinajstić information content (AvgIpc) is 2.69. The zero-order valence-electron chi connectivity index (χ0n) is 10.3.